The smallest absolute Gasteiger partial charge is 0.201 e. The van der Waals surface area contributed by atoms with E-state index in [4.69, 9.17) is 5.73 Å². The summed E-state index contributed by atoms with van der Waals surface area (Å²) in [6.45, 7) is 4.09. The largest absolute Gasteiger partial charge is 0.330 e. The minimum Gasteiger partial charge on any atom is -0.330 e. The summed E-state index contributed by atoms with van der Waals surface area (Å²) in [4.78, 5) is 23.5. The molecule has 1 aliphatic rings. The van der Waals surface area contributed by atoms with Crippen molar-refractivity contribution in [2.75, 3.05) is 6.54 Å². The van der Waals surface area contributed by atoms with Gasteiger partial charge in [0, 0.05) is 12.3 Å². The van der Waals surface area contributed by atoms with Gasteiger partial charge < -0.3 is 5.73 Å². The maximum atomic E-state index is 11.9. The van der Waals surface area contributed by atoms with Crippen LogP contribution in [0.4, 0.5) is 0 Å². The highest BCUT2D eigenvalue weighted by molar-refractivity contribution is 6.37. The number of nitrogens with two attached hydrogens (primary N) is 1. The Morgan fingerprint density at radius 3 is 2.53 bits per heavy atom. The molecule has 0 aliphatic heterocycles. The molecule has 0 radical (unpaired) electrons. The lowest BCUT2D eigenvalue weighted by atomic mass is 9.82. The van der Waals surface area contributed by atoms with Crippen LogP contribution in [0, 0.1) is 11.8 Å². The van der Waals surface area contributed by atoms with E-state index in [-0.39, 0.29) is 30.4 Å². The van der Waals surface area contributed by atoms with E-state index in [9.17, 15) is 9.59 Å². The molecule has 17 heavy (non-hydrogen) atoms. The quantitative estimate of drug-likeness (QED) is 0.589. The summed E-state index contributed by atoms with van der Waals surface area (Å²) >= 11 is 0. The maximum absolute atomic E-state index is 11.9. The van der Waals surface area contributed by atoms with Crippen LogP contribution in [0.25, 0.3) is 0 Å². The van der Waals surface area contributed by atoms with Crippen molar-refractivity contribution in [1.29, 1.82) is 0 Å². The van der Waals surface area contributed by atoms with Crippen LogP contribution in [-0.4, -0.2) is 18.1 Å². The first kappa shape index (κ1) is 14.1. The minimum absolute atomic E-state index is 0.0724. The summed E-state index contributed by atoms with van der Waals surface area (Å²) in [5.41, 5.74) is 5.31. The summed E-state index contributed by atoms with van der Waals surface area (Å²) < 4.78 is 0. The van der Waals surface area contributed by atoms with E-state index in [0.29, 0.717) is 5.92 Å². The van der Waals surface area contributed by atoms with Crippen molar-refractivity contribution in [3.05, 3.63) is 12.7 Å². The summed E-state index contributed by atoms with van der Waals surface area (Å²) in [5, 5.41) is 0. The molecule has 1 aliphatic carbocycles. The summed E-state index contributed by atoms with van der Waals surface area (Å²) in [7, 11) is 0. The van der Waals surface area contributed by atoms with Gasteiger partial charge in [-0.25, -0.2) is 0 Å². The lowest BCUT2D eigenvalue weighted by Crippen LogP contribution is -2.27. The van der Waals surface area contributed by atoms with Crippen molar-refractivity contribution in [2.24, 2.45) is 17.6 Å². The molecule has 0 spiro atoms. The Kier molecular flexibility index (Phi) is 6.12. The Morgan fingerprint density at radius 2 is 1.88 bits per heavy atom. The topological polar surface area (TPSA) is 60.2 Å². The first-order valence-corrected chi connectivity index (χ1v) is 6.58. The number of rotatable bonds is 5. The first-order valence-electron chi connectivity index (χ1n) is 6.58. The van der Waals surface area contributed by atoms with Gasteiger partial charge in [0.15, 0.2) is 5.78 Å². The van der Waals surface area contributed by atoms with E-state index in [2.05, 4.69) is 6.58 Å². The third-order valence-corrected chi connectivity index (χ3v) is 3.61. The molecule has 0 aromatic carbocycles. The minimum atomic E-state index is -0.284. The molecule has 3 nitrogen and oxygen atoms in total. The highest BCUT2D eigenvalue weighted by atomic mass is 16.2. The highest BCUT2D eigenvalue weighted by Crippen LogP contribution is 2.27. The SMILES string of the molecule is C=CC1CCCCC(C(=O)C(=O)CCN)CC1. The molecule has 0 heterocycles. The zero-order valence-electron chi connectivity index (χ0n) is 10.5. The molecule has 0 amide bonds. The predicted octanol–water partition coefficient (Wildman–Crippen LogP) is 2.25. The highest BCUT2D eigenvalue weighted by Gasteiger charge is 2.25. The average molecular weight is 237 g/mol. The summed E-state index contributed by atoms with van der Waals surface area (Å²) in [6.07, 6.45) is 8.18. The number of carbonyl (C=O) groups excluding carboxylic acids is 2. The van der Waals surface area contributed by atoms with Crippen LogP contribution in [-0.2, 0) is 9.59 Å². The Bertz CT molecular complexity index is 286. The number of carbonyl (C=O) groups is 2. The van der Waals surface area contributed by atoms with Crippen LogP contribution in [0.1, 0.15) is 44.9 Å². The van der Waals surface area contributed by atoms with Gasteiger partial charge in [0.25, 0.3) is 0 Å². The second-order valence-electron chi connectivity index (χ2n) is 4.88. The Balaban J connectivity index is 2.53. The lowest BCUT2D eigenvalue weighted by molar-refractivity contribution is -0.139. The van der Waals surface area contributed by atoms with E-state index < -0.39 is 0 Å². The van der Waals surface area contributed by atoms with Crippen LogP contribution in [0.3, 0.4) is 0 Å². The number of hydrogen-bond acceptors (Lipinski definition) is 3. The van der Waals surface area contributed by atoms with Gasteiger partial charge in [0.2, 0.25) is 5.78 Å². The monoisotopic (exact) mass is 237 g/mol. The molecule has 1 saturated carbocycles. The molecule has 0 aromatic rings. The Hall–Kier alpha value is -0.960. The normalized spacial score (nSPS) is 25.7. The third kappa shape index (κ3) is 4.43. The second-order valence-corrected chi connectivity index (χ2v) is 4.88. The van der Waals surface area contributed by atoms with Gasteiger partial charge in [-0.15, -0.1) is 6.58 Å². The average Bonchev–Trinajstić information content (AvgIpc) is 2.29. The van der Waals surface area contributed by atoms with Gasteiger partial charge in [-0.2, -0.15) is 0 Å². The Morgan fingerprint density at radius 1 is 1.18 bits per heavy atom. The third-order valence-electron chi connectivity index (χ3n) is 3.61. The van der Waals surface area contributed by atoms with E-state index in [1.54, 1.807) is 0 Å². The molecule has 2 atom stereocenters. The van der Waals surface area contributed by atoms with E-state index in [1.807, 2.05) is 6.08 Å². The van der Waals surface area contributed by atoms with Crippen LogP contribution in [0.2, 0.25) is 0 Å². The summed E-state index contributed by atoms with van der Waals surface area (Å²) in [6, 6.07) is 0. The van der Waals surface area contributed by atoms with Crippen molar-refractivity contribution in [1.82, 2.24) is 0 Å². The van der Waals surface area contributed by atoms with Crippen LogP contribution in [0.5, 0.6) is 0 Å². The van der Waals surface area contributed by atoms with Gasteiger partial charge in [0.05, 0.1) is 0 Å². The van der Waals surface area contributed by atoms with Gasteiger partial charge in [-0.3, -0.25) is 9.59 Å². The van der Waals surface area contributed by atoms with Gasteiger partial charge in [-0.05, 0) is 38.1 Å². The van der Waals surface area contributed by atoms with Crippen molar-refractivity contribution in [2.45, 2.75) is 44.9 Å². The molecular formula is C14H23NO2. The first-order chi connectivity index (χ1) is 8.19. The number of ketones is 2. The molecule has 1 fully saturated rings. The fraction of sp³-hybridized carbons (Fsp3) is 0.714. The maximum Gasteiger partial charge on any atom is 0.201 e. The van der Waals surface area contributed by atoms with Gasteiger partial charge in [0.1, 0.15) is 0 Å². The molecule has 1 rings (SSSR count). The molecule has 3 heteroatoms. The molecule has 0 bridgehead atoms. The fourth-order valence-electron chi connectivity index (χ4n) is 2.48. The van der Waals surface area contributed by atoms with Crippen LogP contribution in [0.15, 0.2) is 12.7 Å². The number of Topliss-reactive ketones (excluding diaryl/α,β-unsaturated/α-hetero) is 2. The molecule has 0 aromatic heterocycles. The van der Waals surface area contributed by atoms with Crippen LogP contribution < -0.4 is 5.73 Å². The van der Waals surface area contributed by atoms with Crippen molar-refractivity contribution in [3.63, 3.8) is 0 Å². The van der Waals surface area contributed by atoms with Gasteiger partial charge >= 0.3 is 0 Å². The molecule has 0 saturated heterocycles. The standard InChI is InChI=1S/C14H23NO2/c1-2-11-5-3-4-6-12(8-7-11)14(17)13(16)9-10-15/h2,11-12H,1,3-10,15H2. The number of allylic oxidation sites excluding steroid dienone is 1. The Labute approximate surface area is 103 Å². The molecule has 96 valence electrons. The van der Waals surface area contributed by atoms with E-state index in [1.165, 1.54) is 6.42 Å². The fourth-order valence-corrected chi connectivity index (χ4v) is 2.48. The zero-order chi connectivity index (χ0) is 12.7. The van der Waals surface area contributed by atoms with Crippen molar-refractivity contribution in [3.8, 4) is 0 Å². The molecular weight excluding hydrogens is 214 g/mol. The predicted molar refractivity (Wildman–Crippen MR) is 68.6 cm³/mol. The zero-order valence-corrected chi connectivity index (χ0v) is 10.5. The van der Waals surface area contributed by atoms with Gasteiger partial charge in [-0.1, -0.05) is 18.9 Å². The van der Waals surface area contributed by atoms with Crippen molar-refractivity contribution >= 4 is 11.6 Å². The second kappa shape index (κ2) is 7.38. The van der Waals surface area contributed by atoms with Crippen molar-refractivity contribution < 1.29 is 9.59 Å². The number of hydrogen-bond donors (Lipinski definition) is 1. The van der Waals surface area contributed by atoms with E-state index >= 15 is 0 Å². The lowest BCUT2D eigenvalue weighted by Gasteiger charge is -2.21. The van der Waals surface area contributed by atoms with Crippen LogP contribution >= 0.6 is 0 Å². The summed E-state index contributed by atoms with van der Waals surface area (Å²) in [5.74, 6) is -0.0413. The molecule has 2 N–H and O–H groups in total. The van der Waals surface area contributed by atoms with E-state index in [0.717, 1.165) is 32.1 Å². The molecule has 2 unspecified atom stereocenters.